The highest BCUT2D eigenvalue weighted by Gasteiger charge is 2.21. The lowest BCUT2D eigenvalue weighted by Gasteiger charge is -2.34. The van der Waals surface area contributed by atoms with Crippen LogP contribution in [0.1, 0.15) is 36.7 Å². The number of piperidine rings is 1. The van der Waals surface area contributed by atoms with Crippen molar-refractivity contribution in [2.45, 2.75) is 33.6 Å². The molecule has 1 saturated heterocycles. The Morgan fingerprint density at radius 2 is 2.22 bits per heavy atom. The summed E-state index contributed by atoms with van der Waals surface area (Å²) in [7, 11) is 0. The van der Waals surface area contributed by atoms with Crippen molar-refractivity contribution in [2.75, 3.05) is 18.0 Å². The quantitative estimate of drug-likeness (QED) is 0.621. The molecule has 1 aromatic rings. The molecule has 0 bridgehead atoms. The number of aromatic nitrogens is 1. The second-order valence-corrected chi connectivity index (χ2v) is 5.35. The molecule has 4 nitrogen and oxygen atoms in total. The summed E-state index contributed by atoms with van der Waals surface area (Å²) in [5.41, 5.74) is 9.46. The number of amidine groups is 1. The van der Waals surface area contributed by atoms with Crippen LogP contribution in [0.15, 0.2) is 6.07 Å². The summed E-state index contributed by atoms with van der Waals surface area (Å²) in [5, 5.41) is 7.77. The lowest BCUT2D eigenvalue weighted by molar-refractivity contribution is 0.446. The molecule has 18 heavy (non-hydrogen) atoms. The highest BCUT2D eigenvalue weighted by molar-refractivity contribution is 6.01. The molecule has 1 fully saturated rings. The molecule has 1 aliphatic rings. The van der Waals surface area contributed by atoms with Crippen LogP contribution in [0.4, 0.5) is 5.69 Å². The minimum Gasteiger partial charge on any atom is -0.384 e. The van der Waals surface area contributed by atoms with Gasteiger partial charge in [0.1, 0.15) is 5.84 Å². The first-order valence-corrected chi connectivity index (χ1v) is 6.56. The van der Waals surface area contributed by atoms with E-state index < -0.39 is 0 Å². The van der Waals surface area contributed by atoms with E-state index >= 15 is 0 Å². The van der Waals surface area contributed by atoms with Crippen LogP contribution in [0.5, 0.6) is 0 Å². The van der Waals surface area contributed by atoms with Crippen LogP contribution in [0.3, 0.4) is 0 Å². The summed E-state index contributed by atoms with van der Waals surface area (Å²) in [6.45, 7) is 8.30. The first-order chi connectivity index (χ1) is 8.49. The zero-order valence-corrected chi connectivity index (χ0v) is 11.5. The third-order valence-electron chi connectivity index (χ3n) is 3.57. The highest BCUT2D eigenvalue weighted by Crippen LogP contribution is 2.28. The molecule has 98 valence electrons. The maximum Gasteiger partial charge on any atom is 0.126 e. The lowest BCUT2D eigenvalue weighted by Crippen LogP contribution is -2.36. The standard InChI is InChI=1S/C14H22N4/c1-9-5-4-6-18(8-9)12-7-10(2)17-11(3)13(12)14(15)16/h7,9H,4-6,8H2,1-3H3,(H3,15,16). The van der Waals surface area contributed by atoms with Crippen LogP contribution in [0, 0.1) is 25.2 Å². The Kier molecular flexibility index (Phi) is 3.55. The third-order valence-corrected chi connectivity index (χ3v) is 3.57. The average Bonchev–Trinajstić information content (AvgIpc) is 2.27. The molecule has 4 heteroatoms. The van der Waals surface area contributed by atoms with Gasteiger partial charge in [0.2, 0.25) is 0 Å². The van der Waals surface area contributed by atoms with Crippen molar-refractivity contribution < 1.29 is 0 Å². The van der Waals surface area contributed by atoms with E-state index in [1.54, 1.807) is 0 Å². The lowest BCUT2D eigenvalue weighted by atomic mass is 9.98. The number of nitrogens with one attached hydrogen (secondary N) is 1. The van der Waals surface area contributed by atoms with Gasteiger partial charge in [-0.05, 0) is 38.7 Å². The Morgan fingerprint density at radius 1 is 1.50 bits per heavy atom. The molecule has 3 N–H and O–H groups in total. The number of nitrogens with zero attached hydrogens (tertiary/aromatic N) is 2. The van der Waals surface area contributed by atoms with Gasteiger partial charge >= 0.3 is 0 Å². The van der Waals surface area contributed by atoms with Crippen molar-refractivity contribution in [3.05, 3.63) is 23.0 Å². The van der Waals surface area contributed by atoms with Gasteiger partial charge in [0.05, 0.1) is 16.9 Å². The first kappa shape index (κ1) is 12.9. The van der Waals surface area contributed by atoms with Crippen molar-refractivity contribution in [1.29, 1.82) is 5.41 Å². The molecule has 0 saturated carbocycles. The summed E-state index contributed by atoms with van der Waals surface area (Å²) >= 11 is 0. The summed E-state index contributed by atoms with van der Waals surface area (Å²) in [4.78, 5) is 6.78. The molecule has 1 aliphatic heterocycles. The smallest absolute Gasteiger partial charge is 0.126 e. The molecule has 0 radical (unpaired) electrons. The Balaban J connectivity index is 2.44. The molecule has 2 rings (SSSR count). The number of hydrogen-bond donors (Lipinski definition) is 2. The van der Waals surface area contributed by atoms with Gasteiger partial charge in [0, 0.05) is 18.8 Å². The SMILES string of the molecule is Cc1cc(N2CCCC(C)C2)c(C(=N)N)c(C)n1. The number of nitrogens with two attached hydrogens (primary N) is 1. The van der Waals surface area contributed by atoms with E-state index in [2.05, 4.69) is 22.9 Å². The summed E-state index contributed by atoms with van der Waals surface area (Å²) < 4.78 is 0. The molecular formula is C14H22N4. The maximum atomic E-state index is 7.77. The molecule has 2 heterocycles. The summed E-state index contributed by atoms with van der Waals surface area (Å²) in [6, 6.07) is 2.06. The van der Waals surface area contributed by atoms with E-state index in [0.29, 0.717) is 5.92 Å². The Labute approximate surface area is 109 Å². The molecule has 1 atom stereocenters. The number of anilines is 1. The average molecular weight is 246 g/mol. The largest absolute Gasteiger partial charge is 0.384 e. The fraction of sp³-hybridized carbons (Fsp3) is 0.571. The molecule has 0 amide bonds. The van der Waals surface area contributed by atoms with Gasteiger partial charge in [-0.25, -0.2) is 0 Å². The highest BCUT2D eigenvalue weighted by atomic mass is 15.1. The van der Waals surface area contributed by atoms with Crippen molar-refractivity contribution >= 4 is 11.5 Å². The Hall–Kier alpha value is -1.58. The second-order valence-electron chi connectivity index (χ2n) is 5.35. The number of hydrogen-bond acceptors (Lipinski definition) is 3. The zero-order valence-electron chi connectivity index (χ0n) is 11.5. The molecule has 1 aromatic heterocycles. The van der Waals surface area contributed by atoms with Crippen LogP contribution >= 0.6 is 0 Å². The van der Waals surface area contributed by atoms with Gasteiger partial charge in [-0.15, -0.1) is 0 Å². The van der Waals surface area contributed by atoms with E-state index in [1.807, 2.05) is 13.8 Å². The van der Waals surface area contributed by atoms with Crippen LogP contribution in [0.2, 0.25) is 0 Å². The monoisotopic (exact) mass is 246 g/mol. The molecule has 1 unspecified atom stereocenters. The van der Waals surface area contributed by atoms with Gasteiger partial charge in [-0.3, -0.25) is 10.4 Å². The normalized spacial score (nSPS) is 19.9. The van der Waals surface area contributed by atoms with E-state index in [0.717, 1.165) is 35.7 Å². The fourth-order valence-electron chi connectivity index (χ4n) is 2.80. The molecule has 0 aliphatic carbocycles. The number of nitrogen functional groups attached to an aromatic ring is 1. The molecule has 0 spiro atoms. The minimum absolute atomic E-state index is 0.119. The van der Waals surface area contributed by atoms with Crippen molar-refractivity contribution in [3.8, 4) is 0 Å². The third kappa shape index (κ3) is 2.47. The van der Waals surface area contributed by atoms with Gasteiger partial charge in [0.15, 0.2) is 0 Å². The van der Waals surface area contributed by atoms with Crippen LogP contribution in [-0.4, -0.2) is 23.9 Å². The van der Waals surface area contributed by atoms with Crippen LogP contribution < -0.4 is 10.6 Å². The van der Waals surface area contributed by atoms with Crippen molar-refractivity contribution in [3.63, 3.8) is 0 Å². The van der Waals surface area contributed by atoms with E-state index in [9.17, 15) is 0 Å². The maximum absolute atomic E-state index is 7.77. The molecule has 0 aromatic carbocycles. The van der Waals surface area contributed by atoms with Gasteiger partial charge in [-0.1, -0.05) is 6.92 Å². The summed E-state index contributed by atoms with van der Waals surface area (Å²) in [6.07, 6.45) is 2.49. The minimum atomic E-state index is 0.119. The zero-order chi connectivity index (χ0) is 13.3. The van der Waals surface area contributed by atoms with Gasteiger partial charge < -0.3 is 10.6 Å². The van der Waals surface area contributed by atoms with E-state index in [-0.39, 0.29) is 5.84 Å². The number of rotatable bonds is 2. The Morgan fingerprint density at radius 3 is 2.83 bits per heavy atom. The topological polar surface area (TPSA) is 66.0 Å². The van der Waals surface area contributed by atoms with Gasteiger partial charge in [-0.2, -0.15) is 0 Å². The van der Waals surface area contributed by atoms with Crippen LogP contribution in [0.25, 0.3) is 0 Å². The number of pyridine rings is 1. The Bertz CT molecular complexity index is 467. The van der Waals surface area contributed by atoms with E-state index in [1.165, 1.54) is 12.8 Å². The first-order valence-electron chi connectivity index (χ1n) is 6.56. The predicted octanol–water partition coefficient (Wildman–Crippen LogP) is 2.22. The van der Waals surface area contributed by atoms with Crippen LogP contribution in [-0.2, 0) is 0 Å². The molecular weight excluding hydrogens is 224 g/mol. The van der Waals surface area contributed by atoms with Crippen molar-refractivity contribution in [1.82, 2.24) is 4.98 Å². The number of aryl methyl sites for hydroxylation is 2. The van der Waals surface area contributed by atoms with Crippen molar-refractivity contribution in [2.24, 2.45) is 11.7 Å². The second kappa shape index (κ2) is 4.96. The van der Waals surface area contributed by atoms with Gasteiger partial charge in [0.25, 0.3) is 0 Å². The fourth-order valence-corrected chi connectivity index (χ4v) is 2.80. The summed E-state index contributed by atoms with van der Waals surface area (Å²) in [5.74, 6) is 0.820. The van der Waals surface area contributed by atoms with E-state index in [4.69, 9.17) is 11.1 Å². The predicted molar refractivity (Wildman–Crippen MR) is 75.3 cm³/mol.